The Bertz CT molecular complexity index is 1050. The summed E-state index contributed by atoms with van der Waals surface area (Å²) in [6.45, 7) is 1.92. The summed E-state index contributed by atoms with van der Waals surface area (Å²) in [4.78, 5) is 12.4. The summed E-state index contributed by atoms with van der Waals surface area (Å²) in [7, 11) is 0. The van der Waals surface area contributed by atoms with E-state index in [1.807, 2.05) is 6.92 Å². The van der Waals surface area contributed by atoms with Crippen molar-refractivity contribution in [1.29, 1.82) is 0 Å². The molecule has 0 saturated heterocycles. The van der Waals surface area contributed by atoms with Gasteiger partial charge in [0.1, 0.15) is 22.7 Å². The SMILES string of the molecule is Cc1coc2ccc3c(=O)cc(-c4ccc(O)cc4)oc3c12. The molecular weight excluding hydrogens is 280 g/mol. The van der Waals surface area contributed by atoms with Gasteiger partial charge in [0.25, 0.3) is 0 Å². The van der Waals surface area contributed by atoms with E-state index in [-0.39, 0.29) is 11.2 Å². The Hall–Kier alpha value is -3.01. The Morgan fingerprint density at radius 1 is 1.05 bits per heavy atom. The van der Waals surface area contributed by atoms with E-state index in [4.69, 9.17) is 8.83 Å². The fourth-order valence-corrected chi connectivity index (χ4v) is 2.65. The highest BCUT2D eigenvalue weighted by atomic mass is 16.3. The molecule has 108 valence electrons. The van der Waals surface area contributed by atoms with Crippen LogP contribution in [0, 0.1) is 6.92 Å². The lowest BCUT2D eigenvalue weighted by Gasteiger charge is -2.04. The zero-order chi connectivity index (χ0) is 15.3. The zero-order valence-electron chi connectivity index (χ0n) is 11.8. The van der Waals surface area contributed by atoms with Crippen molar-refractivity contribution < 1.29 is 13.9 Å². The van der Waals surface area contributed by atoms with Gasteiger partial charge in [0.15, 0.2) is 5.43 Å². The third kappa shape index (κ3) is 1.81. The van der Waals surface area contributed by atoms with Crippen LogP contribution in [0.25, 0.3) is 33.3 Å². The Kier molecular flexibility index (Phi) is 2.60. The first kappa shape index (κ1) is 12.7. The van der Waals surface area contributed by atoms with Crippen LogP contribution in [0.4, 0.5) is 0 Å². The molecule has 0 aliphatic carbocycles. The van der Waals surface area contributed by atoms with Gasteiger partial charge in [0, 0.05) is 11.6 Å². The number of phenols is 1. The van der Waals surface area contributed by atoms with Crippen molar-refractivity contribution in [3.8, 4) is 17.1 Å². The van der Waals surface area contributed by atoms with Gasteiger partial charge < -0.3 is 13.9 Å². The van der Waals surface area contributed by atoms with Gasteiger partial charge in [-0.3, -0.25) is 4.79 Å². The number of furan rings is 1. The molecule has 0 atom stereocenters. The minimum Gasteiger partial charge on any atom is -0.508 e. The molecule has 0 bridgehead atoms. The van der Waals surface area contributed by atoms with Crippen LogP contribution < -0.4 is 5.43 Å². The molecule has 4 aromatic rings. The van der Waals surface area contributed by atoms with Crippen LogP contribution in [-0.2, 0) is 0 Å². The number of hydrogen-bond acceptors (Lipinski definition) is 4. The van der Waals surface area contributed by atoms with Gasteiger partial charge in [-0.15, -0.1) is 0 Å². The summed E-state index contributed by atoms with van der Waals surface area (Å²) in [5, 5.41) is 10.7. The van der Waals surface area contributed by atoms with Crippen LogP contribution in [0.15, 0.2) is 62.4 Å². The molecular formula is C18H12O4. The molecule has 22 heavy (non-hydrogen) atoms. The van der Waals surface area contributed by atoms with Gasteiger partial charge >= 0.3 is 0 Å². The molecule has 0 saturated carbocycles. The number of hydrogen-bond donors (Lipinski definition) is 1. The van der Waals surface area contributed by atoms with Crippen LogP contribution in [0.3, 0.4) is 0 Å². The standard InChI is InChI=1S/C18H12O4/c1-10-9-21-15-7-6-13-14(20)8-16(22-18(13)17(10)15)11-2-4-12(19)5-3-11/h2-9,19H,1H3. The summed E-state index contributed by atoms with van der Waals surface area (Å²) >= 11 is 0. The number of rotatable bonds is 1. The Labute approximate surface area is 125 Å². The summed E-state index contributed by atoms with van der Waals surface area (Å²) in [5.41, 5.74) is 2.77. The van der Waals surface area contributed by atoms with Gasteiger partial charge in [-0.2, -0.15) is 0 Å². The first-order valence-corrected chi connectivity index (χ1v) is 6.87. The van der Waals surface area contributed by atoms with Crippen LogP contribution in [0.2, 0.25) is 0 Å². The number of aromatic hydroxyl groups is 1. The van der Waals surface area contributed by atoms with Crippen LogP contribution in [0.1, 0.15) is 5.56 Å². The number of aryl methyl sites for hydroxylation is 1. The van der Waals surface area contributed by atoms with Crippen molar-refractivity contribution in [1.82, 2.24) is 0 Å². The van der Waals surface area contributed by atoms with Crippen LogP contribution in [0.5, 0.6) is 5.75 Å². The van der Waals surface area contributed by atoms with E-state index in [2.05, 4.69) is 0 Å². The Morgan fingerprint density at radius 3 is 2.59 bits per heavy atom. The highest BCUT2D eigenvalue weighted by molar-refractivity contribution is 6.04. The lowest BCUT2D eigenvalue weighted by molar-refractivity contribution is 0.475. The summed E-state index contributed by atoms with van der Waals surface area (Å²) in [6.07, 6.45) is 1.65. The van der Waals surface area contributed by atoms with E-state index in [0.717, 1.165) is 16.5 Å². The van der Waals surface area contributed by atoms with Crippen molar-refractivity contribution in [2.45, 2.75) is 6.92 Å². The van der Waals surface area contributed by atoms with Gasteiger partial charge in [0.05, 0.1) is 17.0 Å². The van der Waals surface area contributed by atoms with E-state index in [9.17, 15) is 9.90 Å². The molecule has 2 aromatic heterocycles. The molecule has 1 N–H and O–H groups in total. The van der Waals surface area contributed by atoms with Gasteiger partial charge in [-0.05, 0) is 48.9 Å². The maximum absolute atomic E-state index is 12.4. The monoisotopic (exact) mass is 292 g/mol. The molecule has 2 aromatic carbocycles. The molecule has 4 heteroatoms. The summed E-state index contributed by atoms with van der Waals surface area (Å²) in [6, 6.07) is 11.5. The molecule has 0 aliphatic heterocycles. The second-order valence-corrected chi connectivity index (χ2v) is 5.26. The van der Waals surface area contributed by atoms with Gasteiger partial charge in [0.2, 0.25) is 0 Å². The van der Waals surface area contributed by atoms with Crippen LogP contribution >= 0.6 is 0 Å². The van der Waals surface area contributed by atoms with Crippen molar-refractivity contribution in [3.05, 3.63) is 64.5 Å². The van der Waals surface area contributed by atoms with E-state index < -0.39 is 0 Å². The van der Waals surface area contributed by atoms with E-state index in [1.165, 1.54) is 6.07 Å². The molecule has 4 nitrogen and oxygen atoms in total. The average Bonchev–Trinajstić information content (AvgIpc) is 2.90. The topological polar surface area (TPSA) is 63.6 Å². The van der Waals surface area contributed by atoms with E-state index >= 15 is 0 Å². The summed E-state index contributed by atoms with van der Waals surface area (Å²) in [5.74, 6) is 0.630. The second kappa shape index (κ2) is 4.49. The maximum atomic E-state index is 12.4. The molecule has 2 heterocycles. The normalized spacial score (nSPS) is 11.3. The lowest BCUT2D eigenvalue weighted by atomic mass is 10.1. The molecule has 0 radical (unpaired) electrons. The number of fused-ring (bicyclic) bond motifs is 3. The number of phenolic OH excluding ortho intramolecular Hbond substituents is 1. The Morgan fingerprint density at radius 2 is 1.82 bits per heavy atom. The first-order valence-electron chi connectivity index (χ1n) is 6.87. The molecule has 0 spiro atoms. The minimum absolute atomic E-state index is 0.105. The average molecular weight is 292 g/mol. The second-order valence-electron chi connectivity index (χ2n) is 5.26. The van der Waals surface area contributed by atoms with Gasteiger partial charge in [-0.25, -0.2) is 0 Å². The maximum Gasteiger partial charge on any atom is 0.193 e. The zero-order valence-corrected chi connectivity index (χ0v) is 11.8. The first-order chi connectivity index (χ1) is 10.6. The predicted molar refractivity (Wildman–Crippen MR) is 84.1 cm³/mol. The van der Waals surface area contributed by atoms with E-state index in [1.54, 1.807) is 42.7 Å². The highest BCUT2D eigenvalue weighted by Crippen LogP contribution is 2.31. The van der Waals surface area contributed by atoms with Crippen molar-refractivity contribution in [3.63, 3.8) is 0 Å². The quantitative estimate of drug-likeness (QED) is 0.570. The lowest BCUT2D eigenvalue weighted by Crippen LogP contribution is -2.00. The number of benzene rings is 2. The third-order valence-corrected chi connectivity index (χ3v) is 3.77. The van der Waals surface area contributed by atoms with E-state index in [0.29, 0.717) is 22.3 Å². The molecule has 4 rings (SSSR count). The highest BCUT2D eigenvalue weighted by Gasteiger charge is 2.13. The summed E-state index contributed by atoms with van der Waals surface area (Å²) < 4.78 is 11.4. The largest absolute Gasteiger partial charge is 0.508 e. The predicted octanol–water partition coefficient (Wildman–Crippen LogP) is 4.22. The molecule has 0 amide bonds. The fourth-order valence-electron chi connectivity index (χ4n) is 2.65. The van der Waals surface area contributed by atoms with Crippen LogP contribution in [-0.4, -0.2) is 5.11 Å². The smallest absolute Gasteiger partial charge is 0.193 e. The Balaban J connectivity index is 2.09. The molecule has 0 unspecified atom stereocenters. The molecule has 0 aliphatic rings. The van der Waals surface area contributed by atoms with Crippen molar-refractivity contribution >= 4 is 21.9 Å². The van der Waals surface area contributed by atoms with Gasteiger partial charge in [-0.1, -0.05) is 0 Å². The third-order valence-electron chi connectivity index (χ3n) is 3.77. The van der Waals surface area contributed by atoms with Crippen molar-refractivity contribution in [2.75, 3.05) is 0 Å². The van der Waals surface area contributed by atoms with Crippen molar-refractivity contribution in [2.24, 2.45) is 0 Å². The fraction of sp³-hybridized carbons (Fsp3) is 0.0556. The molecule has 0 fully saturated rings. The minimum atomic E-state index is -0.105.